The standard InChI is InChI=1S/C11H23NO/c1-9-6-4-5-7-11(9,13)10(2,3)8-12/h9,13H,4-8,12H2,1-3H3. The summed E-state index contributed by atoms with van der Waals surface area (Å²) in [6.45, 7) is 6.87. The van der Waals surface area contributed by atoms with Crippen molar-refractivity contribution >= 4 is 0 Å². The molecule has 0 spiro atoms. The van der Waals surface area contributed by atoms with Crippen molar-refractivity contribution in [3.8, 4) is 0 Å². The SMILES string of the molecule is CC1CCCCC1(O)C(C)(C)CN. The van der Waals surface area contributed by atoms with Crippen molar-refractivity contribution in [2.45, 2.75) is 52.1 Å². The Morgan fingerprint density at radius 2 is 2.08 bits per heavy atom. The Kier molecular flexibility index (Phi) is 3.03. The summed E-state index contributed by atoms with van der Waals surface area (Å²) in [5, 5.41) is 10.6. The van der Waals surface area contributed by atoms with E-state index < -0.39 is 5.60 Å². The van der Waals surface area contributed by atoms with Gasteiger partial charge in [-0.3, -0.25) is 0 Å². The Balaban J connectivity index is 2.83. The lowest BCUT2D eigenvalue weighted by Crippen LogP contribution is -2.54. The van der Waals surface area contributed by atoms with E-state index in [-0.39, 0.29) is 5.41 Å². The van der Waals surface area contributed by atoms with Gasteiger partial charge in [0.1, 0.15) is 0 Å². The van der Waals surface area contributed by atoms with Crippen LogP contribution in [0.5, 0.6) is 0 Å². The highest BCUT2D eigenvalue weighted by atomic mass is 16.3. The van der Waals surface area contributed by atoms with Crippen LogP contribution >= 0.6 is 0 Å². The Hall–Kier alpha value is -0.0800. The molecule has 0 aromatic rings. The van der Waals surface area contributed by atoms with Gasteiger partial charge in [-0.15, -0.1) is 0 Å². The highest BCUT2D eigenvalue weighted by molar-refractivity contribution is 4.99. The van der Waals surface area contributed by atoms with Crippen LogP contribution in [0.15, 0.2) is 0 Å². The molecule has 0 aromatic carbocycles. The lowest BCUT2D eigenvalue weighted by molar-refractivity contribution is -0.125. The summed E-state index contributed by atoms with van der Waals surface area (Å²) in [4.78, 5) is 0. The highest BCUT2D eigenvalue weighted by Gasteiger charge is 2.47. The minimum atomic E-state index is -0.542. The van der Waals surface area contributed by atoms with Gasteiger partial charge in [0.15, 0.2) is 0 Å². The van der Waals surface area contributed by atoms with E-state index >= 15 is 0 Å². The smallest absolute Gasteiger partial charge is 0.0735 e. The molecular formula is C11H23NO. The van der Waals surface area contributed by atoms with Gasteiger partial charge in [0, 0.05) is 12.0 Å². The van der Waals surface area contributed by atoms with Crippen molar-refractivity contribution < 1.29 is 5.11 Å². The number of hydrogen-bond donors (Lipinski definition) is 2. The molecular weight excluding hydrogens is 162 g/mol. The zero-order valence-corrected chi connectivity index (χ0v) is 9.14. The first-order chi connectivity index (χ1) is 5.94. The average molecular weight is 185 g/mol. The molecule has 78 valence electrons. The van der Waals surface area contributed by atoms with Crippen LogP contribution in [0.4, 0.5) is 0 Å². The van der Waals surface area contributed by atoms with E-state index in [2.05, 4.69) is 20.8 Å². The maximum absolute atomic E-state index is 10.6. The van der Waals surface area contributed by atoms with Crippen LogP contribution in [-0.2, 0) is 0 Å². The molecule has 0 aliphatic heterocycles. The van der Waals surface area contributed by atoms with Gasteiger partial charge in [-0.1, -0.05) is 33.6 Å². The summed E-state index contributed by atoms with van der Waals surface area (Å²) in [7, 11) is 0. The molecule has 0 saturated heterocycles. The third-order valence-electron chi connectivity index (χ3n) is 3.94. The van der Waals surface area contributed by atoms with Gasteiger partial charge >= 0.3 is 0 Å². The molecule has 1 saturated carbocycles. The number of aliphatic hydroxyl groups is 1. The van der Waals surface area contributed by atoms with Crippen molar-refractivity contribution in [3.05, 3.63) is 0 Å². The average Bonchev–Trinajstić information content (AvgIpc) is 2.10. The fourth-order valence-corrected chi connectivity index (χ4v) is 2.51. The van der Waals surface area contributed by atoms with Gasteiger partial charge < -0.3 is 10.8 Å². The Bertz CT molecular complexity index is 179. The molecule has 0 aromatic heterocycles. The molecule has 2 nitrogen and oxygen atoms in total. The summed E-state index contributed by atoms with van der Waals surface area (Å²) in [6, 6.07) is 0. The number of nitrogens with two attached hydrogens (primary N) is 1. The van der Waals surface area contributed by atoms with Gasteiger partial charge in [-0.25, -0.2) is 0 Å². The first kappa shape index (κ1) is 11.0. The number of rotatable bonds is 2. The fourth-order valence-electron chi connectivity index (χ4n) is 2.51. The topological polar surface area (TPSA) is 46.2 Å². The largest absolute Gasteiger partial charge is 0.389 e. The summed E-state index contributed by atoms with van der Waals surface area (Å²) in [5.74, 6) is 0.389. The minimum Gasteiger partial charge on any atom is -0.389 e. The van der Waals surface area contributed by atoms with E-state index in [4.69, 9.17) is 5.73 Å². The quantitative estimate of drug-likeness (QED) is 0.690. The fraction of sp³-hybridized carbons (Fsp3) is 1.00. The Labute approximate surface area is 81.5 Å². The van der Waals surface area contributed by atoms with Crippen LogP contribution in [0.2, 0.25) is 0 Å². The molecule has 13 heavy (non-hydrogen) atoms. The summed E-state index contributed by atoms with van der Waals surface area (Å²) < 4.78 is 0. The normalized spacial score (nSPS) is 36.2. The van der Waals surface area contributed by atoms with Gasteiger partial charge in [-0.2, -0.15) is 0 Å². The van der Waals surface area contributed by atoms with Crippen molar-refractivity contribution in [2.75, 3.05) is 6.54 Å². The third kappa shape index (κ3) is 1.75. The molecule has 2 unspecified atom stereocenters. The molecule has 0 heterocycles. The third-order valence-corrected chi connectivity index (χ3v) is 3.94. The lowest BCUT2D eigenvalue weighted by atomic mass is 9.62. The first-order valence-electron chi connectivity index (χ1n) is 5.36. The van der Waals surface area contributed by atoms with Crippen LogP contribution in [0.3, 0.4) is 0 Å². The van der Waals surface area contributed by atoms with Gasteiger partial charge in [0.05, 0.1) is 5.60 Å². The van der Waals surface area contributed by atoms with E-state index in [1.807, 2.05) is 0 Å². The molecule has 1 aliphatic rings. The molecule has 0 bridgehead atoms. The van der Waals surface area contributed by atoms with Crippen molar-refractivity contribution in [1.82, 2.24) is 0 Å². The second-order valence-electron chi connectivity index (χ2n) is 5.16. The predicted octanol–water partition coefficient (Wildman–Crippen LogP) is 1.91. The van der Waals surface area contributed by atoms with Crippen molar-refractivity contribution in [1.29, 1.82) is 0 Å². The molecule has 0 amide bonds. The van der Waals surface area contributed by atoms with Gasteiger partial charge in [0.2, 0.25) is 0 Å². The maximum Gasteiger partial charge on any atom is 0.0735 e. The van der Waals surface area contributed by atoms with Crippen LogP contribution in [0, 0.1) is 11.3 Å². The maximum atomic E-state index is 10.6. The molecule has 1 aliphatic carbocycles. The second kappa shape index (κ2) is 3.58. The van der Waals surface area contributed by atoms with Gasteiger partial charge in [-0.05, 0) is 18.8 Å². The van der Waals surface area contributed by atoms with Gasteiger partial charge in [0.25, 0.3) is 0 Å². The van der Waals surface area contributed by atoms with E-state index in [1.165, 1.54) is 6.42 Å². The van der Waals surface area contributed by atoms with Crippen LogP contribution in [0.1, 0.15) is 46.5 Å². The molecule has 3 N–H and O–H groups in total. The lowest BCUT2D eigenvalue weighted by Gasteiger charge is -2.49. The van der Waals surface area contributed by atoms with Crippen LogP contribution in [0.25, 0.3) is 0 Å². The predicted molar refractivity (Wildman–Crippen MR) is 55.4 cm³/mol. The first-order valence-corrected chi connectivity index (χ1v) is 5.36. The molecule has 0 radical (unpaired) electrons. The Morgan fingerprint density at radius 3 is 2.54 bits per heavy atom. The van der Waals surface area contributed by atoms with E-state index in [1.54, 1.807) is 0 Å². The zero-order chi connectivity index (χ0) is 10.1. The number of hydrogen-bond acceptors (Lipinski definition) is 2. The second-order valence-corrected chi connectivity index (χ2v) is 5.16. The summed E-state index contributed by atoms with van der Waals surface area (Å²) >= 11 is 0. The van der Waals surface area contributed by atoms with Crippen molar-refractivity contribution in [3.63, 3.8) is 0 Å². The monoisotopic (exact) mass is 185 g/mol. The molecule has 2 heteroatoms. The zero-order valence-electron chi connectivity index (χ0n) is 9.14. The van der Waals surface area contributed by atoms with E-state index in [0.717, 1.165) is 19.3 Å². The van der Waals surface area contributed by atoms with Crippen LogP contribution < -0.4 is 5.73 Å². The molecule has 1 fully saturated rings. The van der Waals surface area contributed by atoms with E-state index in [0.29, 0.717) is 12.5 Å². The van der Waals surface area contributed by atoms with Crippen LogP contribution in [-0.4, -0.2) is 17.3 Å². The van der Waals surface area contributed by atoms with E-state index in [9.17, 15) is 5.11 Å². The molecule has 2 atom stereocenters. The minimum absolute atomic E-state index is 0.146. The molecule has 1 rings (SSSR count). The Morgan fingerprint density at radius 1 is 1.46 bits per heavy atom. The van der Waals surface area contributed by atoms with Crippen molar-refractivity contribution in [2.24, 2.45) is 17.1 Å². The summed E-state index contributed by atoms with van der Waals surface area (Å²) in [5.41, 5.74) is 5.04. The summed E-state index contributed by atoms with van der Waals surface area (Å²) in [6.07, 6.45) is 4.45. The highest BCUT2D eigenvalue weighted by Crippen LogP contribution is 2.44.